The van der Waals surface area contributed by atoms with Crippen molar-refractivity contribution in [3.05, 3.63) is 35.4 Å². The van der Waals surface area contributed by atoms with E-state index in [1.807, 2.05) is 18.2 Å². The number of nitrogens with one attached hydrogen (secondary N) is 1. The second-order valence-electron chi connectivity index (χ2n) is 7.90. The largest absolute Gasteiger partial charge is 0.457 e. The Kier molecular flexibility index (Phi) is 10.2. The van der Waals surface area contributed by atoms with Crippen molar-refractivity contribution in [2.24, 2.45) is 5.92 Å². The number of aliphatic carboxylic acids is 1. The number of ether oxygens (including phenoxy) is 1. The van der Waals surface area contributed by atoms with E-state index in [9.17, 15) is 22.8 Å². The third-order valence-corrected chi connectivity index (χ3v) is 7.76. The molecule has 2 bridgehead atoms. The first kappa shape index (κ1) is 25.6. The molecule has 1 aromatic carbocycles. The number of Topliss-reactive ketones (excluding diaryl/α,β-unsaturated/α-hetero) is 1. The summed E-state index contributed by atoms with van der Waals surface area (Å²) < 4.78 is 30.0. The summed E-state index contributed by atoms with van der Waals surface area (Å²) in [6, 6.07) is 7.41. The van der Waals surface area contributed by atoms with Gasteiger partial charge >= 0.3 is 140 Å². The van der Waals surface area contributed by atoms with Gasteiger partial charge in [0, 0.05) is 0 Å². The SMILES string of the molecule is O=C(CNS(=O)(=O)CCC1CCCCC1)CC([AsH2])C(=O)O.O=C1OCc2cccc1c2. The molecule has 0 saturated heterocycles. The molecule has 0 aromatic heterocycles. The molecule has 0 radical (unpaired) electrons. The number of carboxylic acid groups (broad SMARTS) is 1. The van der Waals surface area contributed by atoms with Crippen LogP contribution >= 0.6 is 0 Å². The molecule has 172 valence electrons. The fourth-order valence-corrected chi connectivity index (χ4v) is 5.21. The van der Waals surface area contributed by atoms with Gasteiger partial charge in [-0.15, -0.1) is 0 Å². The van der Waals surface area contributed by atoms with Crippen molar-refractivity contribution in [2.75, 3.05) is 12.3 Å². The quantitative estimate of drug-likeness (QED) is 0.379. The summed E-state index contributed by atoms with van der Waals surface area (Å²) in [6.07, 6.45) is 6.27. The van der Waals surface area contributed by atoms with Crippen molar-refractivity contribution in [2.45, 2.75) is 56.3 Å². The molecule has 10 heteroatoms. The normalized spacial score (nSPS) is 17.1. The number of esters is 1. The Morgan fingerprint density at radius 2 is 1.94 bits per heavy atom. The van der Waals surface area contributed by atoms with Gasteiger partial charge in [-0.2, -0.15) is 0 Å². The second-order valence-corrected chi connectivity index (χ2v) is 11.5. The van der Waals surface area contributed by atoms with Crippen LogP contribution in [0.5, 0.6) is 0 Å². The van der Waals surface area contributed by atoms with Gasteiger partial charge in [0.2, 0.25) is 0 Å². The summed E-state index contributed by atoms with van der Waals surface area (Å²) in [5.74, 6) is -1.10. The predicted octanol–water partition coefficient (Wildman–Crippen LogP) is 1.70. The number of hydrogen-bond acceptors (Lipinski definition) is 6. The summed E-state index contributed by atoms with van der Waals surface area (Å²) in [5, 5.41) is 8.71. The number of sulfonamides is 1. The first-order valence-electron chi connectivity index (χ1n) is 10.4. The zero-order chi connectivity index (χ0) is 22.9. The molecule has 0 amide bonds. The van der Waals surface area contributed by atoms with Crippen LogP contribution in [0.3, 0.4) is 0 Å². The van der Waals surface area contributed by atoms with Crippen LogP contribution in [0.15, 0.2) is 24.3 Å². The number of fused-ring (bicyclic) bond motifs is 2. The zero-order valence-corrected chi connectivity index (χ0v) is 20.7. The van der Waals surface area contributed by atoms with E-state index in [-0.39, 0.29) is 30.5 Å². The zero-order valence-electron chi connectivity index (χ0n) is 17.4. The molecule has 1 aromatic rings. The van der Waals surface area contributed by atoms with E-state index in [0.29, 0.717) is 24.5 Å². The molecule has 8 nitrogen and oxygen atoms in total. The van der Waals surface area contributed by atoms with E-state index < -0.39 is 20.7 Å². The molecule has 1 heterocycles. The predicted molar refractivity (Wildman–Crippen MR) is 118 cm³/mol. The van der Waals surface area contributed by atoms with Gasteiger partial charge in [0.05, 0.1) is 5.56 Å². The first-order valence-corrected chi connectivity index (χ1v) is 13.4. The fourth-order valence-electron chi connectivity index (χ4n) is 3.49. The Labute approximate surface area is 191 Å². The van der Waals surface area contributed by atoms with Crippen molar-refractivity contribution in [3.63, 3.8) is 0 Å². The minimum absolute atomic E-state index is 0.0450. The maximum Gasteiger partial charge on any atom is 0.338 e. The summed E-state index contributed by atoms with van der Waals surface area (Å²) >= 11 is 0.955. The molecular formula is C21H30AsNO7S. The minimum Gasteiger partial charge on any atom is -0.457 e. The monoisotopic (exact) mass is 515 g/mol. The van der Waals surface area contributed by atoms with E-state index in [1.54, 1.807) is 6.07 Å². The fraction of sp³-hybridized carbons (Fsp3) is 0.571. The molecule has 1 aliphatic carbocycles. The van der Waals surface area contributed by atoms with Crippen LogP contribution in [-0.4, -0.2) is 60.4 Å². The van der Waals surface area contributed by atoms with Crippen LogP contribution in [0.1, 0.15) is 60.9 Å². The summed E-state index contributed by atoms with van der Waals surface area (Å²) in [5.41, 5.74) is 1.72. The average Bonchev–Trinajstić information content (AvgIpc) is 2.75. The van der Waals surface area contributed by atoms with E-state index in [1.165, 1.54) is 19.3 Å². The van der Waals surface area contributed by atoms with Crippen molar-refractivity contribution in [1.82, 2.24) is 4.72 Å². The number of carbonyl (C=O) groups excluding carboxylic acids is 2. The molecule has 1 aliphatic heterocycles. The molecule has 2 unspecified atom stereocenters. The van der Waals surface area contributed by atoms with Crippen molar-refractivity contribution >= 4 is 44.6 Å². The Morgan fingerprint density at radius 3 is 2.58 bits per heavy atom. The Bertz CT molecular complexity index is 881. The number of rotatable bonds is 9. The van der Waals surface area contributed by atoms with Gasteiger partial charge in [-0.1, -0.05) is 12.1 Å². The van der Waals surface area contributed by atoms with Crippen LogP contribution in [0.25, 0.3) is 0 Å². The number of benzene rings is 1. The van der Waals surface area contributed by atoms with Gasteiger partial charge in [0.15, 0.2) is 0 Å². The van der Waals surface area contributed by atoms with Gasteiger partial charge in [-0.25, -0.2) is 4.79 Å². The molecule has 3 rings (SSSR count). The molecular weight excluding hydrogens is 485 g/mol. The van der Waals surface area contributed by atoms with Crippen LogP contribution < -0.4 is 4.72 Å². The number of ketones is 1. The molecule has 2 N–H and O–H groups in total. The smallest absolute Gasteiger partial charge is 0.338 e. The standard InChI is InChI=1S/C13H24AsNO5S.C8H6O2/c14-12(13(17)18)8-11(16)9-15-21(19,20)7-6-10-4-2-1-3-5-10;9-8-7-3-1-2-6(4-7)5-10-8/h10,12,15H,1-9,14H2,(H,17,18);1-4H,5H2. The van der Waals surface area contributed by atoms with E-state index in [2.05, 4.69) is 4.72 Å². The van der Waals surface area contributed by atoms with Gasteiger partial charge in [0.25, 0.3) is 0 Å². The molecule has 0 spiro atoms. The Hall–Kier alpha value is -1.70. The van der Waals surface area contributed by atoms with E-state index in [0.717, 1.165) is 35.3 Å². The van der Waals surface area contributed by atoms with Crippen LogP contribution in [0.4, 0.5) is 0 Å². The summed E-state index contributed by atoms with van der Waals surface area (Å²) in [4.78, 5) is 33.0. The number of carbonyl (C=O) groups is 3. The molecule has 1 saturated carbocycles. The number of cyclic esters (lactones) is 1. The van der Waals surface area contributed by atoms with Gasteiger partial charge in [-0.3, -0.25) is 0 Å². The van der Waals surface area contributed by atoms with Crippen LogP contribution in [-0.2, 0) is 31.0 Å². The van der Waals surface area contributed by atoms with Crippen molar-refractivity contribution in [1.29, 1.82) is 0 Å². The summed E-state index contributed by atoms with van der Waals surface area (Å²) in [6.45, 7) is 0.118. The topological polar surface area (TPSA) is 127 Å². The van der Waals surface area contributed by atoms with Crippen molar-refractivity contribution < 1.29 is 32.6 Å². The molecule has 1 fully saturated rings. The van der Waals surface area contributed by atoms with E-state index >= 15 is 0 Å². The van der Waals surface area contributed by atoms with Gasteiger partial charge in [0.1, 0.15) is 6.61 Å². The summed E-state index contributed by atoms with van der Waals surface area (Å²) in [7, 11) is -3.45. The van der Waals surface area contributed by atoms with Gasteiger partial charge < -0.3 is 4.74 Å². The maximum absolute atomic E-state index is 11.8. The number of hydrogen-bond donors (Lipinski definition) is 2. The van der Waals surface area contributed by atoms with Crippen LogP contribution in [0, 0.1) is 5.92 Å². The van der Waals surface area contributed by atoms with E-state index in [4.69, 9.17) is 9.84 Å². The van der Waals surface area contributed by atoms with Gasteiger partial charge in [-0.05, 0) is 17.7 Å². The average molecular weight is 515 g/mol. The molecule has 31 heavy (non-hydrogen) atoms. The first-order chi connectivity index (χ1) is 14.7. The van der Waals surface area contributed by atoms with Crippen molar-refractivity contribution in [3.8, 4) is 0 Å². The minimum atomic E-state index is -3.45. The Balaban J connectivity index is 0.000000280. The third-order valence-electron chi connectivity index (χ3n) is 5.31. The molecule has 2 atom stereocenters. The molecule has 2 aliphatic rings. The second kappa shape index (κ2) is 12.4. The third kappa shape index (κ3) is 9.54. The van der Waals surface area contributed by atoms with Crippen LogP contribution in [0.2, 0.25) is 4.71 Å². The number of carboxylic acids is 1. The Morgan fingerprint density at radius 1 is 1.23 bits per heavy atom. The maximum atomic E-state index is 11.8.